The number of Topliss-reactive ketones (excluding diaryl/α,β-unsaturated/α-hetero) is 1. The highest BCUT2D eigenvalue weighted by Crippen LogP contribution is 2.23. The Labute approximate surface area is 201 Å². The number of rotatable bonds is 19. The van der Waals surface area contributed by atoms with Crippen LogP contribution in [0.3, 0.4) is 0 Å². The molecule has 0 amide bonds. The topological polar surface area (TPSA) is 52.1 Å². The fraction of sp³-hybridized carbons (Fsp3) is 0.621. The molecular weight excluding hydrogens is 408 g/mol. The van der Waals surface area contributed by atoms with Gasteiger partial charge in [0.2, 0.25) is 0 Å². The number of benzene rings is 1. The van der Waals surface area contributed by atoms with E-state index < -0.39 is 0 Å². The van der Waals surface area contributed by atoms with Crippen molar-refractivity contribution in [3.8, 4) is 17.1 Å². The first-order valence-electron chi connectivity index (χ1n) is 13.3. The Hall–Kier alpha value is -2.23. The van der Waals surface area contributed by atoms with Gasteiger partial charge < -0.3 is 4.74 Å². The largest absolute Gasteiger partial charge is 0.490 e. The Kier molecular flexibility index (Phi) is 14.1. The van der Waals surface area contributed by atoms with Crippen LogP contribution in [0.1, 0.15) is 121 Å². The van der Waals surface area contributed by atoms with Crippen LogP contribution in [-0.2, 0) is 0 Å². The van der Waals surface area contributed by atoms with Gasteiger partial charge in [-0.2, -0.15) is 0 Å². The van der Waals surface area contributed by atoms with Gasteiger partial charge in [-0.1, -0.05) is 115 Å². The van der Waals surface area contributed by atoms with Gasteiger partial charge in [-0.25, -0.2) is 9.97 Å². The van der Waals surface area contributed by atoms with Gasteiger partial charge in [0.1, 0.15) is 0 Å². The molecule has 182 valence electrons. The van der Waals surface area contributed by atoms with Crippen LogP contribution in [0.25, 0.3) is 11.4 Å². The number of ketones is 1. The predicted molar refractivity (Wildman–Crippen MR) is 138 cm³/mol. The third-order valence-electron chi connectivity index (χ3n) is 6.12. The second-order valence-corrected chi connectivity index (χ2v) is 9.05. The Morgan fingerprint density at radius 1 is 0.727 bits per heavy atom. The molecule has 4 heteroatoms. The number of unbranched alkanes of at least 4 members (excludes halogenated alkanes) is 12. The number of carbonyl (C=O) groups is 1. The van der Waals surface area contributed by atoms with Crippen LogP contribution >= 0.6 is 0 Å². The molecule has 2 rings (SSSR count). The third-order valence-corrected chi connectivity index (χ3v) is 6.12. The van der Waals surface area contributed by atoms with E-state index in [4.69, 9.17) is 4.74 Å². The summed E-state index contributed by atoms with van der Waals surface area (Å²) in [5.41, 5.74) is 1.53. The first kappa shape index (κ1) is 27.0. The van der Waals surface area contributed by atoms with Crippen molar-refractivity contribution in [3.05, 3.63) is 42.2 Å². The number of hydrogen-bond donors (Lipinski definition) is 0. The average Bonchev–Trinajstić information content (AvgIpc) is 2.85. The maximum atomic E-state index is 12.8. The Bertz CT molecular complexity index is 773. The molecule has 0 atom stereocenters. The molecule has 0 aliphatic rings. The summed E-state index contributed by atoms with van der Waals surface area (Å²) in [6.45, 7) is 5.17. The molecule has 33 heavy (non-hydrogen) atoms. The zero-order valence-electron chi connectivity index (χ0n) is 21.0. The zero-order valence-corrected chi connectivity index (χ0v) is 21.0. The van der Waals surface area contributed by atoms with Crippen molar-refractivity contribution in [1.82, 2.24) is 9.97 Å². The van der Waals surface area contributed by atoms with Crippen LogP contribution in [-0.4, -0.2) is 22.4 Å². The molecule has 0 radical (unpaired) electrons. The first-order chi connectivity index (χ1) is 16.3. The van der Waals surface area contributed by atoms with E-state index in [-0.39, 0.29) is 5.78 Å². The molecule has 0 saturated heterocycles. The highest BCUT2D eigenvalue weighted by atomic mass is 16.5. The minimum atomic E-state index is 0.180. The average molecular weight is 453 g/mol. The molecule has 0 aliphatic heterocycles. The van der Waals surface area contributed by atoms with Crippen LogP contribution in [0.5, 0.6) is 5.75 Å². The normalized spacial score (nSPS) is 11.0. The van der Waals surface area contributed by atoms with Gasteiger partial charge >= 0.3 is 0 Å². The molecule has 1 aromatic heterocycles. The van der Waals surface area contributed by atoms with E-state index in [9.17, 15) is 4.79 Å². The van der Waals surface area contributed by atoms with Crippen LogP contribution in [0.15, 0.2) is 36.7 Å². The summed E-state index contributed by atoms with van der Waals surface area (Å²) < 4.78 is 5.82. The SMILES string of the molecule is CCCCCCCCCCOc1cnc(-c2ccccc2C(=O)CCCCCCCC)nc1. The number of ether oxygens (including phenoxy) is 1. The summed E-state index contributed by atoms with van der Waals surface area (Å²) in [5.74, 6) is 1.46. The minimum absolute atomic E-state index is 0.180. The van der Waals surface area contributed by atoms with Gasteiger partial charge in [-0.3, -0.25) is 4.79 Å². The van der Waals surface area contributed by atoms with Crippen LogP contribution in [0.2, 0.25) is 0 Å². The Balaban J connectivity index is 1.76. The van der Waals surface area contributed by atoms with E-state index in [2.05, 4.69) is 23.8 Å². The standard InChI is InChI=1S/C29H44N2O2/c1-3-5-7-9-11-12-14-18-22-33-25-23-30-29(31-24-25)27-20-17-16-19-26(27)28(32)21-15-13-10-8-6-4-2/h16-17,19-20,23-24H,3-15,18,21-22H2,1-2H3. The van der Waals surface area contributed by atoms with Crippen molar-refractivity contribution in [2.75, 3.05) is 6.61 Å². The molecule has 0 N–H and O–H groups in total. The van der Waals surface area contributed by atoms with Crippen molar-refractivity contribution in [2.45, 2.75) is 110 Å². The molecule has 0 fully saturated rings. The maximum Gasteiger partial charge on any atom is 0.163 e. The van der Waals surface area contributed by atoms with Crippen LogP contribution in [0, 0.1) is 0 Å². The van der Waals surface area contributed by atoms with Gasteiger partial charge in [-0.05, 0) is 12.8 Å². The summed E-state index contributed by atoms with van der Waals surface area (Å²) in [5, 5.41) is 0. The van der Waals surface area contributed by atoms with E-state index in [0.717, 1.165) is 30.4 Å². The molecule has 2 aromatic rings. The highest BCUT2D eigenvalue weighted by Gasteiger charge is 2.14. The van der Waals surface area contributed by atoms with E-state index in [1.54, 1.807) is 12.4 Å². The summed E-state index contributed by atoms with van der Waals surface area (Å²) in [6.07, 6.45) is 21.4. The maximum absolute atomic E-state index is 12.8. The van der Waals surface area contributed by atoms with Crippen molar-refractivity contribution in [1.29, 1.82) is 0 Å². The van der Waals surface area contributed by atoms with Gasteiger partial charge in [0.05, 0.1) is 19.0 Å². The third kappa shape index (κ3) is 11.0. The monoisotopic (exact) mass is 452 g/mol. The lowest BCUT2D eigenvalue weighted by molar-refractivity contribution is 0.0979. The zero-order chi connectivity index (χ0) is 23.6. The quantitative estimate of drug-likeness (QED) is 0.158. The first-order valence-corrected chi connectivity index (χ1v) is 13.3. The summed E-state index contributed by atoms with van der Waals surface area (Å²) >= 11 is 0. The fourth-order valence-corrected chi connectivity index (χ4v) is 4.08. The molecule has 4 nitrogen and oxygen atoms in total. The van der Waals surface area contributed by atoms with Crippen molar-refractivity contribution in [2.24, 2.45) is 0 Å². The van der Waals surface area contributed by atoms with Crippen LogP contribution < -0.4 is 4.74 Å². The lowest BCUT2D eigenvalue weighted by atomic mass is 9.98. The molecule has 0 bridgehead atoms. The smallest absolute Gasteiger partial charge is 0.163 e. The number of hydrogen-bond acceptors (Lipinski definition) is 4. The van der Waals surface area contributed by atoms with Crippen LogP contribution in [0.4, 0.5) is 0 Å². The second-order valence-electron chi connectivity index (χ2n) is 9.05. The molecular formula is C29H44N2O2. The summed E-state index contributed by atoms with van der Waals surface area (Å²) in [7, 11) is 0. The summed E-state index contributed by atoms with van der Waals surface area (Å²) in [4.78, 5) is 21.8. The van der Waals surface area contributed by atoms with Gasteiger partial charge in [0.15, 0.2) is 17.4 Å². The highest BCUT2D eigenvalue weighted by molar-refractivity contribution is 6.01. The predicted octanol–water partition coefficient (Wildman–Crippen LogP) is 8.60. The van der Waals surface area contributed by atoms with Gasteiger partial charge in [0.25, 0.3) is 0 Å². The van der Waals surface area contributed by atoms with Crippen molar-refractivity contribution < 1.29 is 9.53 Å². The number of aromatic nitrogens is 2. The molecule has 1 heterocycles. The molecule has 0 unspecified atom stereocenters. The van der Waals surface area contributed by atoms with Gasteiger partial charge in [-0.15, -0.1) is 0 Å². The molecule has 0 saturated carbocycles. The lowest BCUT2D eigenvalue weighted by Crippen LogP contribution is -2.04. The van der Waals surface area contributed by atoms with E-state index >= 15 is 0 Å². The van der Waals surface area contributed by atoms with E-state index in [0.29, 0.717) is 24.6 Å². The van der Waals surface area contributed by atoms with Crippen molar-refractivity contribution in [3.63, 3.8) is 0 Å². The molecule has 1 aromatic carbocycles. The van der Waals surface area contributed by atoms with Crippen molar-refractivity contribution >= 4 is 5.78 Å². The molecule has 0 spiro atoms. The lowest BCUT2D eigenvalue weighted by Gasteiger charge is -2.09. The Morgan fingerprint density at radius 3 is 1.91 bits per heavy atom. The van der Waals surface area contributed by atoms with E-state index in [1.165, 1.54) is 70.6 Å². The Morgan fingerprint density at radius 2 is 1.27 bits per heavy atom. The second kappa shape index (κ2) is 17.3. The van der Waals surface area contributed by atoms with E-state index in [1.807, 2.05) is 24.3 Å². The number of carbonyl (C=O) groups excluding carboxylic acids is 1. The molecule has 0 aliphatic carbocycles. The fourth-order valence-electron chi connectivity index (χ4n) is 4.08. The van der Waals surface area contributed by atoms with Gasteiger partial charge in [0, 0.05) is 17.5 Å². The number of nitrogens with zero attached hydrogens (tertiary/aromatic N) is 2. The minimum Gasteiger partial charge on any atom is -0.490 e. The summed E-state index contributed by atoms with van der Waals surface area (Å²) in [6, 6.07) is 7.68.